The fraction of sp³-hybridized carbons (Fsp3) is 0.625. The fourth-order valence-electron chi connectivity index (χ4n) is 3.46. The number of hydrazine groups is 1. The number of anilines is 1. The van der Waals surface area contributed by atoms with Gasteiger partial charge in [0, 0.05) is 19.6 Å². The van der Waals surface area contributed by atoms with E-state index < -0.39 is 0 Å². The molecule has 2 N–H and O–H groups in total. The first kappa shape index (κ1) is 13.7. The van der Waals surface area contributed by atoms with Gasteiger partial charge in [0.1, 0.15) is 12.4 Å². The number of nitrogens with two attached hydrogens (primary N) is 1. The van der Waals surface area contributed by atoms with Gasteiger partial charge in [-0.15, -0.1) is 0 Å². The minimum absolute atomic E-state index is 0.800. The highest BCUT2D eigenvalue weighted by Gasteiger charge is 2.25. The maximum atomic E-state index is 5.98. The van der Waals surface area contributed by atoms with Crippen LogP contribution in [-0.2, 0) is 12.8 Å². The van der Waals surface area contributed by atoms with Gasteiger partial charge in [0.05, 0.1) is 12.2 Å². The third-order valence-electron chi connectivity index (χ3n) is 4.48. The molecule has 2 aliphatic rings. The van der Waals surface area contributed by atoms with E-state index in [1.54, 1.807) is 0 Å². The summed E-state index contributed by atoms with van der Waals surface area (Å²) in [7, 11) is 0. The van der Waals surface area contributed by atoms with Crippen molar-refractivity contribution in [1.82, 2.24) is 5.01 Å². The predicted molar refractivity (Wildman–Crippen MR) is 82.3 cm³/mol. The zero-order valence-corrected chi connectivity index (χ0v) is 12.6. The minimum atomic E-state index is 0.800. The van der Waals surface area contributed by atoms with Gasteiger partial charge in [0.15, 0.2) is 0 Å². The topological polar surface area (TPSA) is 41.7 Å². The number of fused-ring (bicyclic) bond motifs is 2. The van der Waals surface area contributed by atoms with Gasteiger partial charge in [-0.1, -0.05) is 6.92 Å². The molecule has 0 saturated carbocycles. The van der Waals surface area contributed by atoms with Crippen LogP contribution in [0.2, 0.25) is 0 Å². The van der Waals surface area contributed by atoms with Crippen LogP contribution in [0.5, 0.6) is 5.75 Å². The highest BCUT2D eigenvalue weighted by Crippen LogP contribution is 2.39. The quantitative estimate of drug-likeness (QED) is 0.837. The molecule has 0 saturated heterocycles. The van der Waals surface area contributed by atoms with E-state index in [2.05, 4.69) is 24.8 Å². The van der Waals surface area contributed by atoms with E-state index >= 15 is 0 Å². The first-order chi connectivity index (χ1) is 9.70. The summed E-state index contributed by atoms with van der Waals surface area (Å²) < 4.78 is 5.93. The van der Waals surface area contributed by atoms with E-state index in [-0.39, 0.29) is 0 Å². The standard InChI is InChI=1S/C16H25N3O/c1-3-6-18-9-10-20-15-11-13-4-7-19(17)8-5-14(13)12(2)16(15)18/h11H,3-10,17H2,1-2H3. The largest absolute Gasteiger partial charge is 0.490 e. The first-order valence-electron chi connectivity index (χ1n) is 7.73. The molecule has 0 amide bonds. The van der Waals surface area contributed by atoms with Crippen LogP contribution in [0.25, 0.3) is 0 Å². The van der Waals surface area contributed by atoms with Crippen molar-refractivity contribution < 1.29 is 4.74 Å². The molecule has 110 valence electrons. The van der Waals surface area contributed by atoms with Crippen molar-refractivity contribution in [3.63, 3.8) is 0 Å². The van der Waals surface area contributed by atoms with Crippen molar-refractivity contribution in [3.05, 3.63) is 22.8 Å². The maximum absolute atomic E-state index is 5.98. The molecule has 3 rings (SSSR count). The van der Waals surface area contributed by atoms with E-state index in [1.165, 1.54) is 28.8 Å². The Labute approximate surface area is 121 Å². The van der Waals surface area contributed by atoms with E-state index in [0.29, 0.717) is 0 Å². The summed E-state index contributed by atoms with van der Waals surface area (Å²) in [5.74, 6) is 7.06. The molecule has 0 fully saturated rings. The smallest absolute Gasteiger partial charge is 0.143 e. The van der Waals surface area contributed by atoms with Crippen molar-refractivity contribution in [3.8, 4) is 5.75 Å². The summed E-state index contributed by atoms with van der Waals surface area (Å²) in [5, 5.41) is 1.93. The average Bonchev–Trinajstić information content (AvgIpc) is 2.62. The predicted octanol–water partition coefficient (Wildman–Crippen LogP) is 1.88. The normalized spacial score (nSPS) is 19.1. The first-order valence-corrected chi connectivity index (χ1v) is 7.73. The lowest BCUT2D eigenvalue weighted by Crippen LogP contribution is -2.34. The van der Waals surface area contributed by atoms with Crippen molar-refractivity contribution >= 4 is 5.69 Å². The van der Waals surface area contributed by atoms with Crippen LogP contribution in [0.4, 0.5) is 5.69 Å². The number of ether oxygens (including phenoxy) is 1. The molecule has 4 nitrogen and oxygen atoms in total. The number of rotatable bonds is 2. The second-order valence-corrected chi connectivity index (χ2v) is 5.86. The van der Waals surface area contributed by atoms with Gasteiger partial charge in [-0.25, -0.2) is 5.01 Å². The third-order valence-corrected chi connectivity index (χ3v) is 4.48. The summed E-state index contributed by atoms with van der Waals surface area (Å²) in [6.45, 7) is 9.28. The van der Waals surface area contributed by atoms with Gasteiger partial charge in [-0.05, 0) is 48.9 Å². The summed E-state index contributed by atoms with van der Waals surface area (Å²) in [6.07, 6.45) is 3.24. The summed E-state index contributed by atoms with van der Waals surface area (Å²) >= 11 is 0. The number of hydrogen-bond donors (Lipinski definition) is 1. The molecule has 1 aromatic carbocycles. The van der Waals surface area contributed by atoms with Gasteiger partial charge in [0.2, 0.25) is 0 Å². The molecule has 20 heavy (non-hydrogen) atoms. The monoisotopic (exact) mass is 275 g/mol. The molecule has 0 aliphatic carbocycles. The van der Waals surface area contributed by atoms with Crippen LogP contribution in [0.1, 0.15) is 30.0 Å². The molecule has 0 radical (unpaired) electrons. The molecular formula is C16H25N3O. The van der Waals surface area contributed by atoms with Crippen molar-refractivity contribution in [2.24, 2.45) is 5.84 Å². The molecule has 0 aromatic heterocycles. The van der Waals surface area contributed by atoms with Gasteiger partial charge in [-0.2, -0.15) is 0 Å². The Hall–Kier alpha value is -1.26. The van der Waals surface area contributed by atoms with E-state index in [4.69, 9.17) is 10.6 Å². The average molecular weight is 275 g/mol. The lowest BCUT2D eigenvalue weighted by molar-refractivity contribution is 0.298. The number of nitrogens with zero attached hydrogens (tertiary/aromatic N) is 2. The lowest BCUT2D eigenvalue weighted by atomic mass is 9.94. The van der Waals surface area contributed by atoms with Gasteiger partial charge in [-0.3, -0.25) is 5.84 Å². The second-order valence-electron chi connectivity index (χ2n) is 5.86. The van der Waals surface area contributed by atoms with Crippen LogP contribution in [0.3, 0.4) is 0 Å². The van der Waals surface area contributed by atoms with Crippen molar-refractivity contribution in [1.29, 1.82) is 0 Å². The van der Waals surface area contributed by atoms with Crippen LogP contribution in [0, 0.1) is 6.92 Å². The fourth-order valence-corrected chi connectivity index (χ4v) is 3.46. The summed E-state index contributed by atoms with van der Waals surface area (Å²) in [4.78, 5) is 2.49. The summed E-state index contributed by atoms with van der Waals surface area (Å²) in [6, 6.07) is 2.26. The number of hydrogen-bond acceptors (Lipinski definition) is 4. The number of benzene rings is 1. The summed E-state index contributed by atoms with van der Waals surface area (Å²) in [5.41, 5.74) is 5.64. The van der Waals surface area contributed by atoms with Crippen LogP contribution >= 0.6 is 0 Å². The van der Waals surface area contributed by atoms with Crippen molar-refractivity contribution in [2.45, 2.75) is 33.1 Å². The maximum Gasteiger partial charge on any atom is 0.143 e. The Balaban J connectivity index is 2.04. The van der Waals surface area contributed by atoms with Crippen LogP contribution in [-0.4, -0.2) is 37.8 Å². The minimum Gasteiger partial charge on any atom is -0.490 e. The Morgan fingerprint density at radius 3 is 2.85 bits per heavy atom. The molecule has 0 atom stereocenters. The van der Waals surface area contributed by atoms with Crippen molar-refractivity contribution in [2.75, 3.05) is 37.7 Å². The molecule has 4 heteroatoms. The second kappa shape index (κ2) is 5.62. The van der Waals surface area contributed by atoms with Gasteiger partial charge < -0.3 is 9.64 Å². The highest BCUT2D eigenvalue weighted by atomic mass is 16.5. The van der Waals surface area contributed by atoms with E-state index in [9.17, 15) is 0 Å². The Kier molecular flexibility index (Phi) is 3.85. The van der Waals surface area contributed by atoms with E-state index in [1.807, 2.05) is 5.01 Å². The third kappa shape index (κ3) is 2.38. The van der Waals surface area contributed by atoms with Crippen LogP contribution < -0.4 is 15.5 Å². The zero-order valence-electron chi connectivity index (χ0n) is 12.6. The lowest BCUT2D eigenvalue weighted by Gasteiger charge is -2.34. The molecule has 2 aliphatic heterocycles. The molecule has 1 aromatic rings. The Morgan fingerprint density at radius 1 is 1.25 bits per heavy atom. The highest BCUT2D eigenvalue weighted by molar-refractivity contribution is 5.69. The molecule has 0 spiro atoms. The SMILES string of the molecule is CCCN1CCOc2cc3c(c(C)c21)CCN(N)CC3. The Morgan fingerprint density at radius 2 is 2.05 bits per heavy atom. The van der Waals surface area contributed by atoms with E-state index in [0.717, 1.165) is 51.4 Å². The van der Waals surface area contributed by atoms with Gasteiger partial charge >= 0.3 is 0 Å². The molecule has 0 bridgehead atoms. The zero-order chi connectivity index (χ0) is 14.1. The van der Waals surface area contributed by atoms with Gasteiger partial charge in [0.25, 0.3) is 0 Å². The molecule has 2 heterocycles. The molecule has 0 unspecified atom stereocenters. The Bertz CT molecular complexity index is 501. The molecular weight excluding hydrogens is 250 g/mol. The van der Waals surface area contributed by atoms with Crippen LogP contribution in [0.15, 0.2) is 6.07 Å².